The van der Waals surface area contributed by atoms with Crippen LogP contribution in [0.15, 0.2) is 0 Å². The van der Waals surface area contributed by atoms with Gasteiger partial charge in [0, 0.05) is 22.6 Å². The van der Waals surface area contributed by atoms with Crippen LogP contribution in [0.25, 0.3) is 0 Å². The first-order valence-corrected chi connectivity index (χ1v) is 9.17. The molecule has 0 aliphatic heterocycles. The van der Waals surface area contributed by atoms with Gasteiger partial charge in [-0.05, 0) is 25.3 Å². The van der Waals surface area contributed by atoms with Gasteiger partial charge in [0.1, 0.15) is 0 Å². The van der Waals surface area contributed by atoms with Crippen molar-refractivity contribution in [1.82, 2.24) is 5.32 Å². The average molecular weight is 273 g/mol. The summed E-state index contributed by atoms with van der Waals surface area (Å²) in [7, 11) is -0.649. The Bertz CT molecular complexity index is 245. The van der Waals surface area contributed by atoms with Gasteiger partial charge in [0.15, 0.2) is 0 Å². The number of hydrogen-bond acceptors (Lipinski definition) is 2. The quantitative estimate of drug-likeness (QED) is 0.803. The van der Waals surface area contributed by atoms with Crippen LogP contribution < -0.4 is 5.32 Å². The molecule has 0 bridgehead atoms. The van der Waals surface area contributed by atoms with Crippen molar-refractivity contribution in [3.63, 3.8) is 0 Å². The summed E-state index contributed by atoms with van der Waals surface area (Å²) in [6.07, 6.45) is 8.76. The van der Waals surface area contributed by atoms with Crippen LogP contribution in [0.3, 0.4) is 0 Å². The molecule has 18 heavy (non-hydrogen) atoms. The molecule has 0 aromatic heterocycles. The van der Waals surface area contributed by atoms with Crippen LogP contribution in [0.5, 0.6) is 0 Å². The van der Waals surface area contributed by atoms with Crippen LogP contribution in [0, 0.1) is 5.92 Å². The molecule has 3 heteroatoms. The van der Waals surface area contributed by atoms with Crippen molar-refractivity contribution in [3.8, 4) is 0 Å². The van der Waals surface area contributed by atoms with Crippen molar-refractivity contribution in [2.24, 2.45) is 5.92 Å². The van der Waals surface area contributed by atoms with E-state index in [1.54, 1.807) is 0 Å². The van der Waals surface area contributed by atoms with E-state index in [4.69, 9.17) is 0 Å². The normalized spacial score (nSPS) is 29.3. The van der Waals surface area contributed by atoms with Gasteiger partial charge >= 0.3 is 0 Å². The lowest BCUT2D eigenvalue weighted by atomic mass is 9.96. The van der Waals surface area contributed by atoms with E-state index >= 15 is 0 Å². The Labute approximate surface area is 116 Å². The van der Waals surface area contributed by atoms with E-state index in [1.807, 2.05) is 0 Å². The molecule has 0 amide bonds. The van der Waals surface area contributed by atoms with Crippen molar-refractivity contribution >= 4 is 10.8 Å². The molecule has 1 saturated carbocycles. The second-order valence-electron chi connectivity index (χ2n) is 5.76. The zero-order chi connectivity index (χ0) is 13.4. The minimum Gasteiger partial charge on any atom is -0.313 e. The standard InChI is InChI=1S/C15H31NOS/c1-4-13(3)12-18(17)15-11-9-7-6-8-10-14(15)16-5-2/h13-16H,4-12H2,1-3H3. The fourth-order valence-electron chi connectivity index (χ4n) is 2.78. The molecule has 0 aromatic rings. The molecule has 0 aromatic carbocycles. The maximum absolute atomic E-state index is 12.6. The van der Waals surface area contributed by atoms with Gasteiger partial charge in [-0.15, -0.1) is 0 Å². The third-order valence-corrected chi connectivity index (χ3v) is 6.29. The van der Waals surface area contributed by atoms with Gasteiger partial charge in [-0.1, -0.05) is 52.9 Å². The van der Waals surface area contributed by atoms with E-state index in [0.29, 0.717) is 17.2 Å². The predicted octanol–water partition coefficient (Wildman–Crippen LogP) is 3.48. The highest BCUT2D eigenvalue weighted by Gasteiger charge is 2.27. The van der Waals surface area contributed by atoms with E-state index in [9.17, 15) is 4.21 Å². The summed E-state index contributed by atoms with van der Waals surface area (Å²) in [6, 6.07) is 0.486. The summed E-state index contributed by atoms with van der Waals surface area (Å²) in [6.45, 7) is 7.58. The summed E-state index contributed by atoms with van der Waals surface area (Å²) >= 11 is 0. The van der Waals surface area contributed by atoms with E-state index in [-0.39, 0.29) is 0 Å². The Morgan fingerprint density at radius 2 is 1.83 bits per heavy atom. The fourth-order valence-corrected chi connectivity index (χ4v) is 4.85. The van der Waals surface area contributed by atoms with Gasteiger partial charge in [0.05, 0.1) is 5.25 Å². The van der Waals surface area contributed by atoms with Crippen LogP contribution in [0.4, 0.5) is 0 Å². The van der Waals surface area contributed by atoms with Crippen molar-refractivity contribution in [1.29, 1.82) is 0 Å². The number of rotatable bonds is 6. The highest BCUT2D eigenvalue weighted by molar-refractivity contribution is 7.85. The molecule has 108 valence electrons. The Balaban J connectivity index is 2.61. The third kappa shape index (κ3) is 5.40. The van der Waals surface area contributed by atoms with Crippen LogP contribution in [-0.4, -0.2) is 27.8 Å². The zero-order valence-corrected chi connectivity index (χ0v) is 13.2. The van der Waals surface area contributed by atoms with Crippen LogP contribution >= 0.6 is 0 Å². The Kier molecular flexibility index (Phi) is 8.16. The van der Waals surface area contributed by atoms with Crippen molar-refractivity contribution in [3.05, 3.63) is 0 Å². The summed E-state index contributed by atoms with van der Waals surface area (Å²) < 4.78 is 12.6. The Hall–Kier alpha value is 0.110. The summed E-state index contributed by atoms with van der Waals surface area (Å²) in [4.78, 5) is 0. The van der Waals surface area contributed by atoms with Crippen molar-refractivity contribution < 1.29 is 4.21 Å². The summed E-state index contributed by atoms with van der Waals surface area (Å²) in [5, 5.41) is 3.97. The van der Waals surface area contributed by atoms with Crippen molar-refractivity contribution in [2.75, 3.05) is 12.3 Å². The topological polar surface area (TPSA) is 29.1 Å². The molecule has 0 saturated heterocycles. The minimum atomic E-state index is -0.649. The fraction of sp³-hybridized carbons (Fsp3) is 1.00. The van der Waals surface area contributed by atoms with Gasteiger partial charge in [-0.3, -0.25) is 4.21 Å². The maximum atomic E-state index is 12.6. The minimum absolute atomic E-state index is 0.388. The molecule has 4 unspecified atom stereocenters. The van der Waals surface area contributed by atoms with Gasteiger partial charge in [-0.25, -0.2) is 0 Å². The highest BCUT2D eigenvalue weighted by atomic mass is 32.2. The lowest BCUT2D eigenvalue weighted by Crippen LogP contribution is -2.43. The molecule has 2 nitrogen and oxygen atoms in total. The molecule has 1 rings (SSSR count). The van der Waals surface area contributed by atoms with E-state index < -0.39 is 10.8 Å². The Morgan fingerprint density at radius 3 is 2.44 bits per heavy atom. The summed E-state index contributed by atoms with van der Waals surface area (Å²) in [5.41, 5.74) is 0. The molecule has 1 aliphatic rings. The maximum Gasteiger partial charge on any atom is 0.0501 e. The zero-order valence-electron chi connectivity index (χ0n) is 12.4. The molecule has 0 spiro atoms. The third-order valence-electron chi connectivity index (χ3n) is 4.15. The molecular weight excluding hydrogens is 242 g/mol. The lowest BCUT2D eigenvalue weighted by molar-refractivity contribution is 0.399. The summed E-state index contributed by atoms with van der Waals surface area (Å²) in [5.74, 6) is 1.49. The van der Waals surface area contributed by atoms with E-state index in [0.717, 1.165) is 25.1 Å². The first kappa shape index (κ1) is 16.2. The van der Waals surface area contributed by atoms with Crippen molar-refractivity contribution in [2.45, 2.75) is 77.0 Å². The van der Waals surface area contributed by atoms with Crippen LogP contribution in [0.1, 0.15) is 65.7 Å². The molecule has 1 fully saturated rings. The first-order valence-electron chi connectivity index (χ1n) is 7.79. The smallest absolute Gasteiger partial charge is 0.0501 e. The number of hydrogen-bond donors (Lipinski definition) is 1. The molecule has 1 N–H and O–H groups in total. The SMILES string of the molecule is CCNC1CCCCCCC1S(=O)CC(C)CC. The van der Waals surface area contributed by atoms with Gasteiger partial charge in [-0.2, -0.15) is 0 Å². The van der Waals surface area contributed by atoms with Gasteiger partial charge in [0.2, 0.25) is 0 Å². The number of nitrogens with one attached hydrogen (secondary N) is 1. The molecule has 4 atom stereocenters. The Morgan fingerprint density at radius 1 is 1.17 bits per heavy atom. The van der Waals surface area contributed by atoms with Crippen LogP contribution in [0.2, 0.25) is 0 Å². The lowest BCUT2D eigenvalue weighted by Gasteiger charge is -2.30. The van der Waals surface area contributed by atoms with Gasteiger partial charge in [0.25, 0.3) is 0 Å². The first-order chi connectivity index (χ1) is 8.69. The molecule has 1 aliphatic carbocycles. The average Bonchev–Trinajstić information content (AvgIpc) is 2.32. The van der Waals surface area contributed by atoms with Crippen LogP contribution in [-0.2, 0) is 10.8 Å². The van der Waals surface area contributed by atoms with E-state index in [1.165, 1.54) is 32.1 Å². The largest absolute Gasteiger partial charge is 0.313 e. The second kappa shape index (κ2) is 9.08. The molecular formula is C15H31NOS. The predicted molar refractivity (Wildman–Crippen MR) is 81.4 cm³/mol. The molecule has 0 radical (unpaired) electrons. The molecule has 0 heterocycles. The van der Waals surface area contributed by atoms with Gasteiger partial charge < -0.3 is 5.32 Å². The second-order valence-corrected chi connectivity index (χ2v) is 7.46. The monoisotopic (exact) mass is 273 g/mol. The highest BCUT2D eigenvalue weighted by Crippen LogP contribution is 2.23. The van der Waals surface area contributed by atoms with E-state index in [2.05, 4.69) is 26.1 Å².